The number of nitrogens with one attached hydrogen (secondary N) is 3. The van der Waals surface area contributed by atoms with Gasteiger partial charge in [-0.25, -0.2) is 0 Å². The Kier molecular flexibility index (Phi) is 12.6. The number of carbonyl (C=O) groups excluding carboxylic acids is 3. The summed E-state index contributed by atoms with van der Waals surface area (Å²) in [6.07, 6.45) is 0.265. The van der Waals surface area contributed by atoms with E-state index in [2.05, 4.69) is 40.2 Å². The van der Waals surface area contributed by atoms with Gasteiger partial charge in [0.05, 0.1) is 0 Å². The minimum absolute atomic E-state index is 0.0988. The molecule has 0 aliphatic rings. The molecule has 3 amide bonds. The zero-order chi connectivity index (χ0) is 30.5. The number of benzene rings is 3. The van der Waals surface area contributed by atoms with E-state index in [1.165, 1.54) is 4.46 Å². The Labute approximate surface area is 256 Å². The van der Waals surface area contributed by atoms with Crippen LogP contribution in [0.4, 0.5) is 4.79 Å². The summed E-state index contributed by atoms with van der Waals surface area (Å²) in [5.41, 5.74) is 1.30. The molecule has 3 N–H and O–H groups in total. The second-order valence-electron chi connectivity index (χ2n) is 11.6. The summed E-state index contributed by atoms with van der Waals surface area (Å²) in [5.74, 6) is -0.851. The van der Waals surface area contributed by atoms with Crippen LogP contribution in [0.1, 0.15) is 45.7 Å². The van der Waals surface area contributed by atoms with Gasteiger partial charge in [0, 0.05) is 0 Å². The van der Waals surface area contributed by atoms with Crippen molar-refractivity contribution in [2.75, 3.05) is 0 Å². The maximum absolute atomic E-state index is 13.7. The van der Waals surface area contributed by atoms with Gasteiger partial charge in [0.15, 0.2) is 0 Å². The van der Waals surface area contributed by atoms with Crippen LogP contribution in [0.2, 0.25) is 5.32 Å². The average molecular weight is 637 g/mol. The molecular formula is C34H43N3O4Se. The summed E-state index contributed by atoms with van der Waals surface area (Å²) in [6, 6.07) is 28.0. The van der Waals surface area contributed by atoms with Crippen LogP contribution in [0.5, 0.6) is 0 Å². The van der Waals surface area contributed by atoms with Crippen LogP contribution in [0.15, 0.2) is 91.0 Å². The molecular weight excluding hydrogens is 593 g/mol. The number of carbonyl (C=O) groups is 3. The van der Waals surface area contributed by atoms with Crippen molar-refractivity contribution in [2.24, 2.45) is 5.92 Å². The van der Waals surface area contributed by atoms with Crippen LogP contribution in [-0.2, 0) is 27.2 Å². The van der Waals surface area contributed by atoms with Crippen LogP contribution in [0, 0.1) is 5.92 Å². The van der Waals surface area contributed by atoms with Crippen molar-refractivity contribution in [1.29, 1.82) is 0 Å². The SMILES string of the molecule is CC(C)[C@H](NC(=O)[C@H](Cc1ccccc1)NC(=O)OC(C)(C)C)C(=O)N[C@H](C[Se]c1ccccc1)Cc1ccccc1. The van der Waals surface area contributed by atoms with Crippen molar-refractivity contribution in [3.63, 3.8) is 0 Å². The van der Waals surface area contributed by atoms with E-state index in [1.807, 2.05) is 80.6 Å². The number of hydrogen-bond donors (Lipinski definition) is 3. The molecule has 0 fully saturated rings. The van der Waals surface area contributed by atoms with Gasteiger partial charge in [-0.3, -0.25) is 0 Å². The first-order valence-corrected chi connectivity index (χ1v) is 16.4. The molecule has 42 heavy (non-hydrogen) atoms. The molecule has 7 nitrogen and oxygen atoms in total. The van der Waals surface area contributed by atoms with Gasteiger partial charge >= 0.3 is 230 Å². The predicted octanol–water partition coefficient (Wildman–Crippen LogP) is 4.44. The number of hydrogen-bond acceptors (Lipinski definition) is 4. The Hall–Kier alpha value is -3.61. The summed E-state index contributed by atoms with van der Waals surface area (Å²) >= 11 is 0.169. The van der Waals surface area contributed by atoms with Crippen molar-refractivity contribution in [2.45, 2.75) is 76.5 Å². The molecule has 0 saturated heterocycles. The molecule has 0 saturated carbocycles. The number of rotatable bonds is 13. The van der Waals surface area contributed by atoms with Gasteiger partial charge in [0.1, 0.15) is 0 Å². The minimum atomic E-state index is -0.919. The van der Waals surface area contributed by atoms with Crippen molar-refractivity contribution < 1.29 is 19.1 Å². The second-order valence-corrected chi connectivity index (χ2v) is 13.9. The van der Waals surface area contributed by atoms with E-state index in [-0.39, 0.29) is 39.2 Å². The quantitative estimate of drug-likeness (QED) is 0.242. The second kappa shape index (κ2) is 16.1. The van der Waals surface area contributed by atoms with E-state index in [1.54, 1.807) is 20.8 Å². The Morgan fingerprint density at radius 1 is 0.714 bits per heavy atom. The number of alkyl carbamates (subject to hydrolysis) is 1. The molecule has 0 heterocycles. The Bertz CT molecular complexity index is 1260. The van der Waals surface area contributed by atoms with Crippen LogP contribution >= 0.6 is 0 Å². The molecule has 0 aliphatic heterocycles. The molecule has 0 radical (unpaired) electrons. The number of ether oxygens (including phenoxy) is 1. The summed E-state index contributed by atoms with van der Waals surface area (Å²) in [6.45, 7) is 9.10. The zero-order valence-electron chi connectivity index (χ0n) is 25.1. The van der Waals surface area contributed by atoms with E-state index >= 15 is 0 Å². The third kappa shape index (κ3) is 11.7. The molecule has 8 heteroatoms. The molecule has 3 aromatic rings. The zero-order valence-corrected chi connectivity index (χ0v) is 26.8. The van der Waals surface area contributed by atoms with Crippen molar-refractivity contribution in [3.8, 4) is 0 Å². The van der Waals surface area contributed by atoms with Crippen molar-refractivity contribution in [3.05, 3.63) is 102 Å². The van der Waals surface area contributed by atoms with E-state index < -0.39 is 29.7 Å². The topological polar surface area (TPSA) is 96.5 Å². The first kappa shape index (κ1) is 32.9. The van der Waals surface area contributed by atoms with Gasteiger partial charge < -0.3 is 0 Å². The summed E-state index contributed by atoms with van der Waals surface area (Å²) in [7, 11) is 0. The summed E-state index contributed by atoms with van der Waals surface area (Å²) in [5, 5.41) is 9.69. The first-order valence-electron chi connectivity index (χ1n) is 14.4. The molecule has 3 aromatic carbocycles. The fourth-order valence-electron chi connectivity index (χ4n) is 4.35. The monoisotopic (exact) mass is 637 g/mol. The third-order valence-corrected chi connectivity index (χ3v) is 8.87. The molecule has 0 aromatic heterocycles. The predicted molar refractivity (Wildman–Crippen MR) is 169 cm³/mol. The van der Waals surface area contributed by atoms with Crippen LogP contribution in [-0.4, -0.2) is 56.6 Å². The Balaban J connectivity index is 1.74. The fraction of sp³-hybridized carbons (Fsp3) is 0.382. The van der Waals surface area contributed by atoms with Gasteiger partial charge in [-0.2, -0.15) is 0 Å². The molecule has 0 aliphatic carbocycles. The third-order valence-electron chi connectivity index (χ3n) is 6.40. The van der Waals surface area contributed by atoms with Crippen molar-refractivity contribution in [1.82, 2.24) is 16.0 Å². The van der Waals surface area contributed by atoms with Gasteiger partial charge in [-0.05, 0) is 20.8 Å². The van der Waals surface area contributed by atoms with E-state index in [4.69, 9.17) is 4.74 Å². The van der Waals surface area contributed by atoms with Crippen molar-refractivity contribution >= 4 is 37.3 Å². The normalized spacial score (nSPS) is 13.5. The van der Waals surface area contributed by atoms with Gasteiger partial charge in [-0.1, -0.05) is 6.07 Å². The maximum atomic E-state index is 13.7. The molecule has 3 atom stereocenters. The molecule has 3 rings (SSSR count). The van der Waals surface area contributed by atoms with E-state index in [0.717, 1.165) is 16.4 Å². The van der Waals surface area contributed by atoms with Crippen LogP contribution in [0.3, 0.4) is 0 Å². The van der Waals surface area contributed by atoms with E-state index in [9.17, 15) is 14.4 Å². The first-order chi connectivity index (χ1) is 20.0. The Morgan fingerprint density at radius 2 is 1.24 bits per heavy atom. The molecule has 0 spiro atoms. The van der Waals surface area contributed by atoms with E-state index in [0.29, 0.717) is 6.42 Å². The Morgan fingerprint density at radius 3 is 1.76 bits per heavy atom. The standard InChI is InChI=1S/C34H43N3O4Se/c1-24(2)30(37-31(38)29(22-26-17-11-7-12-18-26)36-33(40)41-34(3,4)5)32(39)35-27(21-25-15-9-6-10-16-25)23-42-28-19-13-8-14-20-28/h6-20,24,27,29-30H,21-23H2,1-5H3,(H,35,39)(H,36,40)(H,37,38)/t27-,29-,30-/m0/s1. The average Bonchev–Trinajstić information content (AvgIpc) is 2.94. The van der Waals surface area contributed by atoms with Gasteiger partial charge in [-0.15, -0.1) is 0 Å². The summed E-state index contributed by atoms with van der Waals surface area (Å²) in [4.78, 5) is 39.9. The van der Waals surface area contributed by atoms with Gasteiger partial charge in [0.2, 0.25) is 0 Å². The molecule has 0 bridgehead atoms. The number of amides is 3. The summed E-state index contributed by atoms with van der Waals surface area (Å²) < 4.78 is 6.69. The fourth-order valence-corrected chi connectivity index (χ4v) is 6.33. The van der Waals surface area contributed by atoms with Crippen LogP contribution < -0.4 is 20.4 Å². The molecule has 224 valence electrons. The van der Waals surface area contributed by atoms with Crippen LogP contribution in [0.25, 0.3) is 0 Å². The van der Waals surface area contributed by atoms with Gasteiger partial charge in [0.25, 0.3) is 0 Å². The molecule has 0 unspecified atom stereocenters.